The van der Waals surface area contributed by atoms with Crippen LogP contribution in [0.3, 0.4) is 0 Å². The molecule has 5 heteroatoms. The zero-order chi connectivity index (χ0) is 17.2. The Kier molecular flexibility index (Phi) is 3.82. The van der Waals surface area contributed by atoms with E-state index in [-0.39, 0.29) is 0 Å². The molecule has 0 aliphatic carbocycles. The average Bonchev–Trinajstić information content (AvgIpc) is 3.02. The van der Waals surface area contributed by atoms with E-state index in [1.54, 1.807) is 6.08 Å². The quantitative estimate of drug-likeness (QED) is 0.603. The third-order valence-corrected chi connectivity index (χ3v) is 4.15. The number of fused-ring (bicyclic) bond motifs is 3. The monoisotopic (exact) mass is 330 g/mol. The summed E-state index contributed by atoms with van der Waals surface area (Å²) in [6.45, 7) is 5.04. The molecule has 2 aromatic carbocycles. The van der Waals surface area contributed by atoms with Gasteiger partial charge < -0.3 is 15.0 Å². The molecule has 0 atom stereocenters. The van der Waals surface area contributed by atoms with Gasteiger partial charge in [0.25, 0.3) is 0 Å². The Hall–Kier alpha value is -3.34. The van der Waals surface area contributed by atoms with Gasteiger partial charge in [0, 0.05) is 5.39 Å². The first-order valence-corrected chi connectivity index (χ1v) is 8.12. The van der Waals surface area contributed by atoms with Gasteiger partial charge in [0.1, 0.15) is 23.7 Å². The topological polar surface area (TPSA) is 66.0 Å². The van der Waals surface area contributed by atoms with Crippen molar-refractivity contribution in [2.75, 3.05) is 12.3 Å². The second-order valence-electron chi connectivity index (χ2n) is 5.70. The molecule has 5 nitrogen and oxygen atoms in total. The van der Waals surface area contributed by atoms with Crippen LogP contribution in [0, 0.1) is 0 Å². The summed E-state index contributed by atoms with van der Waals surface area (Å²) in [5, 5.41) is 1.02. The van der Waals surface area contributed by atoms with Gasteiger partial charge in [-0.2, -0.15) is 0 Å². The van der Waals surface area contributed by atoms with Crippen molar-refractivity contribution in [1.82, 2.24) is 14.5 Å². The predicted octanol–water partition coefficient (Wildman–Crippen LogP) is 3.89. The van der Waals surface area contributed by atoms with Crippen molar-refractivity contribution in [2.45, 2.75) is 6.54 Å². The molecule has 0 radical (unpaired) electrons. The Morgan fingerprint density at radius 3 is 2.60 bits per heavy atom. The number of benzene rings is 2. The van der Waals surface area contributed by atoms with Crippen molar-refractivity contribution < 1.29 is 4.74 Å². The van der Waals surface area contributed by atoms with E-state index in [1.807, 2.05) is 54.6 Å². The number of ether oxygens (including phenoxy) is 1. The van der Waals surface area contributed by atoms with Crippen LogP contribution in [0.1, 0.15) is 5.82 Å². The van der Waals surface area contributed by atoms with Crippen LogP contribution in [-0.2, 0) is 6.54 Å². The highest BCUT2D eigenvalue weighted by atomic mass is 16.5. The van der Waals surface area contributed by atoms with Crippen LogP contribution in [0.2, 0.25) is 0 Å². The second kappa shape index (κ2) is 6.28. The summed E-state index contributed by atoms with van der Waals surface area (Å²) in [4.78, 5) is 9.07. The molecule has 0 fully saturated rings. The molecule has 2 aromatic heterocycles. The van der Waals surface area contributed by atoms with Crippen molar-refractivity contribution in [3.8, 4) is 5.75 Å². The minimum Gasteiger partial charge on any atom is -0.492 e. The molecule has 25 heavy (non-hydrogen) atoms. The highest BCUT2D eigenvalue weighted by molar-refractivity contribution is 6.06. The van der Waals surface area contributed by atoms with E-state index in [9.17, 15) is 0 Å². The molecular weight excluding hydrogens is 312 g/mol. The minimum absolute atomic E-state index is 0.430. The normalized spacial score (nSPS) is 11.0. The summed E-state index contributed by atoms with van der Waals surface area (Å²) in [5.41, 5.74) is 8.65. The van der Waals surface area contributed by atoms with E-state index in [4.69, 9.17) is 10.5 Å². The number of pyridine rings is 1. The second-order valence-corrected chi connectivity index (χ2v) is 5.70. The summed E-state index contributed by atoms with van der Waals surface area (Å²) < 4.78 is 7.93. The molecule has 0 saturated carbocycles. The fourth-order valence-electron chi connectivity index (χ4n) is 3.03. The van der Waals surface area contributed by atoms with Crippen molar-refractivity contribution in [1.29, 1.82) is 0 Å². The molecular formula is C20H18N4O. The van der Waals surface area contributed by atoms with Crippen LogP contribution in [0.5, 0.6) is 5.75 Å². The Labute approximate surface area is 145 Å². The maximum absolute atomic E-state index is 6.13. The van der Waals surface area contributed by atoms with E-state index in [1.165, 1.54) is 0 Å². The van der Waals surface area contributed by atoms with Gasteiger partial charge in [0.15, 0.2) is 5.82 Å². The van der Waals surface area contributed by atoms with Crippen LogP contribution >= 0.6 is 0 Å². The molecule has 0 bridgehead atoms. The molecule has 2 heterocycles. The van der Waals surface area contributed by atoms with Crippen molar-refractivity contribution in [3.05, 3.63) is 67.0 Å². The summed E-state index contributed by atoms with van der Waals surface area (Å²) in [6, 6.07) is 17.7. The lowest BCUT2D eigenvalue weighted by molar-refractivity contribution is 0.300. The van der Waals surface area contributed by atoms with E-state index >= 15 is 0 Å². The number of anilines is 1. The Morgan fingerprint density at radius 1 is 1.04 bits per heavy atom. The van der Waals surface area contributed by atoms with Gasteiger partial charge in [-0.25, -0.2) is 9.97 Å². The zero-order valence-corrected chi connectivity index (χ0v) is 13.7. The number of aromatic nitrogens is 3. The van der Waals surface area contributed by atoms with Gasteiger partial charge in [-0.15, -0.1) is 0 Å². The van der Waals surface area contributed by atoms with Crippen molar-refractivity contribution in [3.63, 3.8) is 0 Å². The zero-order valence-electron chi connectivity index (χ0n) is 13.7. The number of imidazole rings is 1. The summed E-state index contributed by atoms with van der Waals surface area (Å²) in [6.07, 6.45) is 1.73. The number of nitrogen functional groups attached to an aromatic ring is 1. The van der Waals surface area contributed by atoms with Crippen molar-refractivity contribution >= 4 is 33.8 Å². The molecule has 124 valence electrons. The maximum atomic E-state index is 6.13. The van der Waals surface area contributed by atoms with E-state index < -0.39 is 0 Å². The number of hydrogen-bond donors (Lipinski definition) is 1. The smallest absolute Gasteiger partial charge is 0.152 e. The number of rotatable bonds is 5. The average molecular weight is 330 g/mol. The Balaban J connectivity index is 1.77. The van der Waals surface area contributed by atoms with E-state index in [2.05, 4.69) is 21.1 Å². The van der Waals surface area contributed by atoms with Gasteiger partial charge in [-0.3, -0.25) is 0 Å². The van der Waals surface area contributed by atoms with Crippen LogP contribution in [0.4, 0.5) is 5.82 Å². The lowest BCUT2D eigenvalue weighted by atomic mass is 10.2. The molecule has 0 saturated heterocycles. The molecule has 4 rings (SSSR count). The molecule has 2 N–H and O–H groups in total. The van der Waals surface area contributed by atoms with Crippen LogP contribution in [0.15, 0.2) is 61.2 Å². The van der Waals surface area contributed by atoms with E-state index in [0.29, 0.717) is 24.5 Å². The molecule has 4 aromatic rings. The lowest BCUT2D eigenvalue weighted by Crippen LogP contribution is -2.10. The lowest BCUT2D eigenvalue weighted by Gasteiger charge is -2.11. The standard InChI is InChI=1S/C20H18N4O/c1-2-17-23-18-19(15-10-6-7-11-16(15)22-20(18)21)24(17)12-13-25-14-8-4-3-5-9-14/h2-11H,1,12-13H2,(H2,21,22). The van der Waals surface area contributed by atoms with E-state index in [0.717, 1.165) is 28.0 Å². The Bertz CT molecular complexity index is 1050. The number of para-hydroxylation sites is 2. The van der Waals surface area contributed by atoms with Gasteiger partial charge >= 0.3 is 0 Å². The fraction of sp³-hybridized carbons (Fsp3) is 0.100. The van der Waals surface area contributed by atoms with Gasteiger partial charge in [0.05, 0.1) is 17.6 Å². The van der Waals surface area contributed by atoms with Crippen LogP contribution in [0.25, 0.3) is 28.0 Å². The third kappa shape index (κ3) is 2.70. The summed E-state index contributed by atoms with van der Waals surface area (Å²) >= 11 is 0. The first-order chi connectivity index (χ1) is 12.3. The highest BCUT2D eigenvalue weighted by Crippen LogP contribution is 2.29. The predicted molar refractivity (Wildman–Crippen MR) is 101 cm³/mol. The van der Waals surface area contributed by atoms with Gasteiger partial charge in [-0.05, 0) is 24.3 Å². The van der Waals surface area contributed by atoms with Crippen LogP contribution < -0.4 is 10.5 Å². The largest absolute Gasteiger partial charge is 0.492 e. The molecule has 0 aliphatic rings. The number of nitrogens with two attached hydrogens (primary N) is 1. The van der Waals surface area contributed by atoms with Gasteiger partial charge in [-0.1, -0.05) is 43.0 Å². The SMILES string of the molecule is C=Cc1nc2c(N)nc3ccccc3c2n1CCOc1ccccc1. The fourth-order valence-corrected chi connectivity index (χ4v) is 3.03. The summed E-state index contributed by atoms with van der Waals surface area (Å²) in [7, 11) is 0. The molecule has 0 unspecified atom stereocenters. The Morgan fingerprint density at radius 2 is 1.80 bits per heavy atom. The number of nitrogens with zero attached hydrogens (tertiary/aromatic N) is 3. The summed E-state index contributed by atoms with van der Waals surface area (Å²) in [5.74, 6) is 2.04. The highest BCUT2D eigenvalue weighted by Gasteiger charge is 2.15. The molecule has 0 aliphatic heterocycles. The first-order valence-electron chi connectivity index (χ1n) is 8.12. The molecule has 0 amide bonds. The number of hydrogen-bond acceptors (Lipinski definition) is 4. The van der Waals surface area contributed by atoms with Crippen LogP contribution in [-0.4, -0.2) is 21.1 Å². The van der Waals surface area contributed by atoms with Gasteiger partial charge in [0.2, 0.25) is 0 Å². The minimum atomic E-state index is 0.430. The maximum Gasteiger partial charge on any atom is 0.152 e. The molecule has 0 spiro atoms. The first kappa shape index (κ1) is 15.2. The van der Waals surface area contributed by atoms with Crippen molar-refractivity contribution in [2.24, 2.45) is 0 Å². The third-order valence-electron chi connectivity index (χ3n) is 4.15.